The van der Waals surface area contributed by atoms with Crippen LogP contribution in [0.5, 0.6) is 5.75 Å². The summed E-state index contributed by atoms with van der Waals surface area (Å²) in [7, 11) is -0.426. The molecule has 0 heterocycles. The lowest BCUT2D eigenvalue weighted by Gasteiger charge is -2.19. The molecule has 2 aromatic carbocycles. The Kier molecular flexibility index (Phi) is 3.99. The highest BCUT2D eigenvalue weighted by molar-refractivity contribution is 7.92. The maximum absolute atomic E-state index is 12.5. The molecule has 0 saturated carbocycles. The predicted octanol–water partition coefficient (Wildman–Crippen LogP) is 2.83. The van der Waals surface area contributed by atoms with E-state index in [9.17, 15) is 8.42 Å². The summed E-state index contributed by atoms with van der Waals surface area (Å²) < 4.78 is 31.3. The van der Waals surface area contributed by atoms with E-state index >= 15 is 0 Å². The van der Waals surface area contributed by atoms with Crippen molar-refractivity contribution in [1.82, 2.24) is 0 Å². The van der Waals surface area contributed by atoms with E-state index in [0.29, 0.717) is 11.4 Å². The number of nitrogens with zero attached hydrogens (tertiary/aromatic N) is 1. The van der Waals surface area contributed by atoms with Gasteiger partial charge in [-0.25, -0.2) is 8.42 Å². The van der Waals surface area contributed by atoms with Crippen LogP contribution in [0.2, 0.25) is 0 Å². The molecule has 5 heteroatoms. The van der Waals surface area contributed by atoms with Crippen LogP contribution in [0.4, 0.5) is 5.69 Å². The highest BCUT2D eigenvalue weighted by Gasteiger charge is 2.20. The standard InChI is InChI=1S/C15H17NO3S/c1-12-4-10-15(11-5-12)20(17,18)16(2)13-6-8-14(19-3)9-7-13/h4-11H,1-3H3. The molecule has 0 aromatic heterocycles. The van der Waals surface area contributed by atoms with E-state index in [0.717, 1.165) is 5.56 Å². The Bertz CT molecular complexity index is 676. The van der Waals surface area contributed by atoms with Crippen LogP contribution in [0.25, 0.3) is 0 Å². The van der Waals surface area contributed by atoms with Gasteiger partial charge in [-0.2, -0.15) is 0 Å². The Hall–Kier alpha value is -2.01. The molecule has 0 unspecified atom stereocenters. The quantitative estimate of drug-likeness (QED) is 0.870. The number of aryl methyl sites for hydroxylation is 1. The van der Waals surface area contributed by atoms with Gasteiger partial charge in [-0.3, -0.25) is 4.31 Å². The molecular weight excluding hydrogens is 274 g/mol. The molecule has 0 aliphatic carbocycles. The minimum absolute atomic E-state index is 0.279. The molecule has 0 radical (unpaired) electrons. The lowest BCUT2D eigenvalue weighted by atomic mass is 10.2. The zero-order chi connectivity index (χ0) is 14.8. The smallest absolute Gasteiger partial charge is 0.264 e. The molecule has 106 valence electrons. The summed E-state index contributed by atoms with van der Waals surface area (Å²) in [6, 6.07) is 13.7. The summed E-state index contributed by atoms with van der Waals surface area (Å²) >= 11 is 0. The number of sulfonamides is 1. The van der Waals surface area contributed by atoms with Gasteiger partial charge in [-0.05, 0) is 43.3 Å². The van der Waals surface area contributed by atoms with Crippen molar-refractivity contribution in [3.05, 3.63) is 54.1 Å². The molecule has 0 saturated heterocycles. The average molecular weight is 291 g/mol. The normalized spacial score (nSPS) is 11.2. The van der Waals surface area contributed by atoms with Crippen LogP contribution in [0, 0.1) is 6.92 Å². The third-order valence-electron chi connectivity index (χ3n) is 3.12. The fourth-order valence-electron chi connectivity index (χ4n) is 1.80. The number of ether oxygens (including phenoxy) is 1. The number of methoxy groups -OCH3 is 1. The molecule has 20 heavy (non-hydrogen) atoms. The molecule has 0 amide bonds. The van der Waals surface area contributed by atoms with E-state index in [1.165, 1.54) is 11.4 Å². The minimum atomic E-state index is -3.54. The van der Waals surface area contributed by atoms with E-state index in [-0.39, 0.29) is 4.90 Å². The van der Waals surface area contributed by atoms with Crippen LogP contribution < -0.4 is 9.04 Å². The van der Waals surface area contributed by atoms with E-state index in [1.807, 2.05) is 6.92 Å². The summed E-state index contributed by atoms with van der Waals surface area (Å²) in [5, 5.41) is 0. The fourth-order valence-corrected chi connectivity index (χ4v) is 2.99. The first-order chi connectivity index (χ1) is 9.45. The maximum Gasteiger partial charge on any atom is 0.264 e. The Balaban J connectivity index is 2.35. The summed E-state index contributed by atoms with van der Waals surface area (Å²) in [6.45, 7) is 1.92. The van der Waals surface area contributed by atoms with Crippen LogP contribution >= 0.6 is 0 Å². The molecule has 4 nitrogen and oxygen atoms in total. The largest absolute Gasteiger partial charge is 0.497 e. The number of hydrogen-bond acceptors (Lipinski definition) is 3. The van der Waals surface area contributed by atoms with Crippen LogP contribution in [0.3, 0.4) is 0 Å². The number of anilines is 1. The Morgan fingerprint density at radius 1 is 0.950 bits per heavy atom. The molecule has 0 aliphatic rings. The van der Waals surface area contributed by atoms with Crippen molar-refractivity contribution in [3.8, 4) is 5.75 Å². The lowest BCUT2D eigenvalue weighted by molar-refractivity contribution is 0.415. The van der Waals surface area contributed by atoms with Crippen molar-refractivity contribution in [1.29, 1.82) is 0 Å². The monoisotopic (exact) mass is 291 g/mol. The van der Waals surface area contributed by atoms with Crippen LogP contribution in [-0.2, 0) is 10.0 Å². The van der Waals surface area contributed by atoms with Crippen molar-refractivity contribution in [3.63, 3.8) is 0 Å². The highest BCUT2D eigenvalue weighted by Crippen LogP contribution is 2.24. The van der Waals surface area contributed by atoms with Crippen molar-refractivity contribution >= 4 is 15.7 Å². The van der Waals surface area contributed by atoms with Gasteiger partial charge in [0.1, 0.15) is 5.75 Å². The molecule has 0 N–H and O–H groups in total. The first kappa shape index (κ1) is 14.4. The van der Waals surface area contributed by atoms with Gasteiger partial charge in [-0.15, -0.1) is 0 Å². The Morgan fingerprint density at radius 2 is 1.50 bits per heavy atom. The molecule has 2 aromatic rings. The van der Waals surface area contributed by atoms with Gasteiger partial charge in [0, 0.05) is 7.05 Å². The summed E-state index contributed by atoms with van der Waals surface area (Å²) in [5.74, 6) is 0.690. The molecule has 0 bridgehead atoms. The molecule has 2 rings (SSSR count). The second-order valence-electron chi connectivity index (χ2n) is 4.48. The predicted molar refractivity (Wildman–Crippen MR) is 79.8 cm³/mol. The van der Waals surface area contributed by atoms with Crippen LogP contribution in [-0.4, -0.2) is 22.6 Å². The third-order valence-corrected chi connectivity index (χ3v) is 4.92. The summed E-state index contributed by atoms with van der Waals surface area (Å²) in [4.78, 5) is 0.279. The van der Waals surface area contributed by atoms with Gasteiger partial charge in [-0.1, -0.05) is 17.7 Å². The average Bonchev–Trinajstić information content (AvgIpc) is 2.47. The van der Waals surface area contributed by atoms with Gasteiger partial charge in [0.05, 0.1) is 17.7 Å². The fraction of sp³-hybridized carbons (Fsp3) is 0.200. The van der Waals surface area contributed by atoms with Gasteiger partial charge < -0.3 is 4.74 Å². The SMILES string of the molecule is COc1ccc(N(C)S(=O)(=O)c2ccc(C)cc2)cc1. The highest BCUT2D eigenvalue weighted by atomic mass is 32.2. The van der Waals surface area contributed by atoms with Crippen molar-refractivity contribution in [2.24, 2.45) is 0 Å². The van der Waals surface area contributed by atoms with Crippen LogP contribution in [0.1, 0.15) is 5.56 Å². The van der Waals surface area contributed by atoms with E-state index in [4.69, 9.17) is 4.74 Å². The number of benzene rings is 2. The van der Waals surface area contributed by atoms with Crippen molar-refractivity contribution in [2.75, 3.05) is 18.5 Å². The van der Waals surface area contributed by atoms with Crippen molar-refractivity contribution < 1.29 is 13.2 Å². The second-order valence-corrected chi connectivity index (χ2v) is 6.45. The third kappa shape index (κ3) is 2.77. The first-order valence-electron chi connectivity index (χ1n) is 6.15. The Labute approximate surface area is 119 Å². The molecular formula is C15H17NO3S. The molecule has 0 fully saturated rings. The topological polar surface area (TPSA) is 46.6 Å². The zero-order valence-corrected chi connectivity index (χ0v) is 12.5. The van der Waals surface area contributed by atoms with Gasteiger partial charge in [0.15, 0.2) is 0 Å². The Morgan fingerprint density at radius 3 is 2.00 bits per heavy atom. The number of rotatable bonds is 4. The summed E-state index contributed by atoms with van der Waals surface area (Å²) in [6.07, 6.45) is 0. The first-order valence-corrected chi connectivity index (χ1v) is 7.59. The van der Waals surface area contributed by atoms with Crippen LogP contribution in [0.15, 0.2) is 53.4 Å². The van der Waals surface area contributed by atoms with Crippen molar-refractivity contribution in [2.45, 2.75) is 11.8 Å². The molecule has 0 spiro atoms. The summed E-state index contributed by atoms with van der Waals surface area (Å²) in [5.41, 5.74) is 1.61. The van der Waals surface area contributed by atoms with E-state index < -0.39 is 10.0 Å². The second kappa shape index (κ2) is 5.54. The zero-order valence-electron chi connectivity index (χ0n) is 11.7. The molecule has 0 aliphatic heterocycles. The van der Waals surface area contributed by atoms with Gasteiger partial charge >= 0.3 is 0 Å². The number of hydrogen-bond donors (Lipinski definition) is 0. The maximum atomic E-state index is 12.5. The van der Waals surface area contributed by atoms with E-state index in [1.54, 1.807) is 55.6 Å². The lowest BCUT2D eigenvalue weighted by Crippen LogP contribution is -2.26. The van der Waals surface area contributed by atoms with Gasteiger partial charge in [0.2, 0.25) is 0 Å². The molecule has 0 atom stereocenters. The van der Waals surface area contributed by atoms with Gasteiger partial charge in [0.25, 0.3) is 10.0 Å². The minimum Gasteiger partial charge on any atom is -0.497 e. The van der Waals surface area contributed by atoms with E-state index in [2.05, 4.69) is 0 Å².